The van der Waals surface area contributed by atoms with Crippen molar-refractivity contribution >= 4 is 17.9 Å². The first-order valence-corrected chi connectivity index (χ1v) is 28.5. The molecule has 0 aromatic rings. The van der Waals surface area contributed by atoms with Crippen LogP contribution in [0.5, 0.6) is 0 Å². The van der Waals surface area contributed by atoms with Crippen LogP contribution in [0.4, 0.5) is 0 Å². The van der Waals surface area contributed by atoms with Gasteiger partial charge in [0, 0.05) is 19.3 Å². The van der Waals surface area contributed by atoms with E-state index in [0.717, 1.165) is 109 Å². The van der Waals surface area contributed by atoms with Crippen LogP contribution in [-0.2, 0) is 28.6 Å². The molecule has 0 saturated heterocycles. The molecular formula is C66H102O6. The Morgan fingerprint density at radius 3 is 1.11 bits per heavy atom. The smallest absolute Gasteiger partial charge is 0.306 e. The highest BCUT2D eigenvalue weighted by Crippen LogP contribution is 2.11. The number of allylic oxidation sites excluding steroid dienone is 26. The average molecular weight is 992 g/mol. The zero-order valence-electron chi connectivity index (χ0n) is 45.9. The molecule has 0 aromatic heterocycles. The van der Waals surface area contributed by atoms with Crippen molar-refractivity contribution in [2.45, 2.75) is 226 Å². The summed E-state index contributed by atoms with van der Waals surface area (Å²) in [7, 11) is 0. The van der Waals surface area contributed by atoms with Crippen LogP contribution < -0.4 is 0 Å². The van der Waals surface area contributed by atoms with Gasteiger partial charge in [0.1, 0.15) is 13.2 Å². The number of carbonyl (C=O) groups is 3. The summed E-state index contributed by atoms with van der Waals surface area (Å²) in [5, 5.41) is 0. The third-order valence-electron chi connectivity index (χ3n) is 11.3. The lowest BCUT2D eigenvalue weighted by Crippen LogP contribution is -2.30. The molecule has 0 spiro atoms. The molecule has 72 heavy (non-hydrogen) atoms. The van der Waals surface area contributed by atoms with Crippen LogP contribution in [0, 0.1) is 0 Å². The fourth-order valence-electron chi connectivity index (χ4n) is 7.05. The summed E-state index contributed by atoms with van der Waals surface area (Å²) in [5.74, 6) is -1.11. The minimum absolute atomic E-state index is 0.145. The standard InChI is InChI=1S/C66H102O6/c1-4-7-10-13-16-19-22-25-28-31-33-36-38-41-44-47-50-53-56-59-65(68)71-62-63(61-70-64(67)58-55-52-49-46-43-40-37-34-30-27-24-21-18-15-12-9-6-3)72-66(69)60-57-54-51-48-45-42-39-35-32-29-26-23-20-17-14-11-8-5-2/h7,10,16,18-19,21,23,25-30,32-33,35-37,39-41,44,46,49-50,53,63H,4-6,8-9,11-15,17,20,22,24,31,34,38,42-43,45,47-48,51-52,54-62H2,1-3H3/b10-7-,19-16-,21-18-,26-23-,28-25-,30-27-,32-29-,36-33-,39-35-,40-37-,44-41-,49-46-,53-50-. The molecule has 0 saturated carbocycles. The number of ether oxygens (including phenoxy) is 3. The summed E-state index contributed by atoms with van der Waals surface area (Å²) in [6, 6.07) is 0. The Hall–Kier alpha value is -4.97. The topological polar surface area (TPSA) is 78.9 Å². The van der Waals surface area contributed by atoms with E-state index >= 15 is 0 Å². The predicted octanol–water partition coefficient (Wildman–Crippen LogP) is 19.4. The molecule has 0 radical (unpaired) electrons. The fourth-order valence-corrected chi connectivity index (χ4v) is 7.05. The van der Waals surface area contributed by atoms with Crippen LogP contribution in [-0.4, -0.2) is 37.2 Å². The lowest BCUT2D eigenvalue weighted by Gasteiger charge is -2.18. The maximum Gasteiger partial charge on any atom is 0.306 e. The van der Waals surface area contributed by atoms with Crippen molar-refractivity contribution in [2.75, 3.05) is 13.2 Å². The van der Waals surface area contributed by atoms with Gasteiger partial charge in [-0.1, -0.05) is 237 Å². The third-order valence-corrected chi connectivity index (χ3v) is 11.3. The summed E-state index contributed by atoms with van der Waals surface area (Å²) in [5.41, 5.74) is 0. The highest BCUT2D eigenvalue weighted by molar-refractivity contribution is 5.71. The molecule has 1 unspecified atom stereocenters. The summed E-state index contributed by atoms with van der Waals surface area (Å²) < 4.78 is 16.7. The normalized spacial score (nSPS) is 13.3. The summed E-state index contributed by atoms with van der Waals surface area (Å²) in [4.78, 5) is 38.1. The number of carbonyl (C=O) groups excluding carboxylic acids is 3. The summed E-state index contributed by atoms with van der Waals surface area (Å²) in [6.45, 7) is 6.33. The van der Waals surface area contributed by atoms with Crippen LogP contribution in [0.25, 0.3) is 0 Å². The SMILES string of the molecule is CC/C=C\C/C=C\C/C=C\C/C=C\C/C=C\C/C=C\CCC(=O)OCC(COC(=O)CCC/C=C\C/C=C\C/C=C\C/C=C\CCCCC)OC(=O)CCCCCCC\C=C/C=C\C=C/CCCCCCC. The van der Waals surface area contributed by atoms with Crippen molar-refractivity contribution in [2.24, 2.45) is 0 Å². The molecular weight excluding hydrogens is 889 g/mol. The molecule has 0 amide bonds. The van der Waals surface area contributed by atoms with Gasteiger partial charge in [-0.05, 0) is 122 Å². The van der Waals surface area contributed by atoms with E-state index in [0.29, 0.717) is 12.8 Å². The second-order valence-electron chi connectivity index (χ2n) is 18.2. The second kappa shape index (κ2) is 58.6. The van der Waals surface area contributed by atoms with Gasteiger partial charge in [-0.2, -0.15) is 0 Å². The van der Waals surface area contributed by atoms with E-state index in [1.165, 1.54) is 57.8 Å². The molecule has 1 atom stereocenters. The Kier molecular flexibility index (Phi) is 54.6. The Balaban J connectivity index is 4.66. The van der Waals surface area contributed by atoms with Crippen LogP contribution in [0.15, 0.2) is 158 Å². The molecule has 0 aromatic carbocycles. The minimum atomic E-state index is -0.850. The monoisotopic (exact) mass is 991 g/mol. The van der Waals surface area contributed by atoms with E-state index in [2.05, 4.69) is 167 Å². The molecule has 0 bridgehead atoms. The summed E-state index contributed by atoms with van der Waals surface area (Å²) >= 11 is 0. The Bertz CT molecular complexity index is 1660. The number of unbranched alkanes of at least 4 members (excludes halogenated alkanes) is 14. The van der Waals surface area contributed by atoms with E-state index in [4.69, 9.17) is 14.2 Å². The highest BCUT2D eigenvalue weighted by Gasteiger charge is 2.19. The molecule has 0 N–H and O–H groups in total. The van der Waals surface area contributed by atoms with E-state index < -0.39 is 6.10 Å². The van der Waals surface area contributed by atoms with Crippen molar-refractivity contribution in [1.82, 2.24) is 0 Å². The van der Waals surface area contributed by atoms with Crippen molar-refractivity contribution in [3.8, 4) is 0 Å². The molecule has 402 valence electrons. The number of hydrogen-bond acceptors (Lipinski definition) is 6. The van der Waals surface area contributed by atoms with Crippen LogP contribution in [0.3, 0.4) is 0 Å². The van der Waals surface area contributed by atoms with Crippen LogP contribution in [0.1, 0.15) is 220 Å². The summed E-state index contributed by atoms with van der Waals surface area (Å²) in [6.07, 6.45) is 85.3. The van der Waals surface area contributed by atoms with E-state index in [1.807, 2.05) is 12.2 Å². The van der Waals surface area contributed by atoms with Gasteiger partial charge in [0.15, 0.2) is 6.10 Å². The van der Waals surface area contributed by atoms with E-state index in [-0.39, 0.29) is 50.4 Å². The van der Waals surface area contributed by atoms with Gasteiger partial charge >= 0.3 is 17.9 Å². The number of hydrogen-bond donors (Lipinski definition) is 0. The lowest BCUT2D eigenvalue weighted by molar-refractivity contribution is -0.166. The molecule has 6 nitrogen and oxygen atoms in total. The lowest BCUT2D eigenvalue weighted by atomic mass is 10.1. The Labute approximate surface area is 441 Å². The predicted molar refractivity (Wildman–Crippen MR) is 311 cm³/mol. The van der Waals surface area contributed by atoms with Gasteiger partial charge in [0.05, 0.1) is 0 Å². The average Bonchev–Trinajstić information content (AvgIpc) is 3.38. The third kappa shape index (κ3) is 56.0. The zero-order chi connectivity index (χ0) is 52.2. The quantitative estimate of drug-likeness (QED) is 0.0199. The molecule has 0 fully saturated rings. The van der Waals surface area contributed by atoms with Crippen LogP contribution in [0.2, 0.25) is 0 Å². The van der Waals surface area contributed by atoms with Gasteiger partial charge in [-0.3, -0.25) is 14.4 Å². The number of esters is 3. The van der Waals surface area contributed by atoms with Gasteiger partial charge in [-0.15, -0.1) is 0 Å². The van der Waals surface area contributed by atoms with E-state index in [1.54, 1.807) is 0 Å². The maximum absolute atomic E-state index is 12.9. The van der Waals surface area contributed by atoms with Gasteiger partial charge < -0.3 is 14.2 Å². The van der Waals surface area contributed by atoms with Crippen molar-refractivity contribution < 1.29 is 28.6 Å². The van der Waals surface area contributed by atoms with Gasteiger partial charge in [-0.25, -0.2) is 0 Å². The highest BCUT2D eigenvalue weighted by atomic mass is 16.6. The molecule has 0 aliphatic rings. The molecule has 0 aliphatic heterocycles. The van der Waals surface area contributed by atoms with Gasteiger partial charge in [0.25, 0.3) is 0 Å². The van der Waals surface area contributed by atoms with Gasteiger partial charge in [0.2, 0.25) is 0 Å². The number of rotatable bonds is 49. The van der Waals surface area contributed by atoms with Crippen molar-refractivity contribution in [3.63, 3.8) is 0 Å². The fraction of sp³-hybridized carbons (Fsp3) is 0.561. The van der Waals surface area contributed by atoms with E-state index in [9.17, 15) is 14.4 Å². The Morgan fingerprint density at radius 1 is 0.306 bits per heavy atom. The largest absolute Gasteiger partial charge is 0.462 e. The first-order valence-electron chi connectivity index (χ1n) is 28.5. The minimum Gasteiger partial charge on any atom is -0.462 e. The molecule has 6 heteroatoms. The molecule has 0 aliphatic carbocycles. The van der Waals surface area contributed by atoms with Crippen molar-refractivity contribution in [3.05, 3.63) is 158 Å². The first kappa shape index (κ1) is 67.0. The second-order valence-corrected chi connectivity index (χ2v) is 18.2. The zero-order valence-corrected chi connectivity index (χ0v) is 45.9. The Morgan fingerprint density at radius 2 is 0.639 bits per heavy atom. The first-order chi connectivity index (χ1) is 35.5. The molecule has 0 heterocycles. The van der Waals surface area contributed by atoms with Crippen LogP contribution >= 0.6 is 0 Å². The van der Waals surface area contributed by atoms with Crippen molar-refractivity contribution in [1.29, 1.82) is 0 Å². The maximum atomic E-state index is 12.9. The molecule has 0 rings (SSSR count).